The van der Waals surface area contributed by atoms with E-state index < -0.39 is 17.7 Å². The van der Waals surface area contributed by atoms with E-state index in [-0.39, 0.29) is 11.8 Å². The van der Waals surface area contributed by atoms with Crippen LogP contribution in [0, 0.1) is 11.6 Å². The fraction of sp³-hybridized carbons (Fsp3) is 0.231. The summed E-state index contributed by atoms with van der Waals surface area (Å²) in [6.07, 6.45) is -0.521. The summed E-state index contributed by atoms with van der Waals surface area (Å²) in [4.78, 5) is 0.852. The van der Waals surface area contributed by atoms with Crippen LogP contribution >= 0.6 is 27.3 Å². The molecule has 1 aromatic carbocycles. The van der Waals surface area contributed by atoms with Crippen LogP contribution in [0.5, 0.6) is 5.75 Å². The Morgan fingerprint density at radius 1 is 1.26 bits per heavy atom. The Morgan fingerprint density at radius 3 is 2.58 bits per heavy atom. The van der Waals surface area contributed by atoms with Crippen molar-refractivity contribution >= 4 is 27.3 Å². The number of benzene rings is 1. The second kappa shape index (κ2) is 5.98. The molecular formula is C13H12BrF2NOS. The van der Waals surface area contributed by atoms with Gasteiger partial charge in [-0.05, 0) is 47.1 Å². The largest absolute Gasteiger partial charge is 0.480 e. The summed E-state index contributed by atoms with van der Waals surface area (Å²) in [5.41, 5.74) is 5.86. The van der Waals surface area contributed by atoms with Gasteiger partial charge in [-0.25, -0.2) is 8.78 Å². The van der Waals surface area contributed by atoms with Crippen molar-refractivity contribution in [3.63, 3.8) is 0 Å². The number of halogens is 3. The van der Waals surface area contributed by atoms with Gasteiger partial charge in [-0.3, -0.25) is 0 Å². The van der Waals surface area contributed by atoms with Gasteiger partial charge in [0.15, 0.2) is 11.6 Å². The van der Waals surface area contributed by atoms with E-state index in [4.69, 9.17) is 10.5 Å². The lowest BCUT2D eigenvalue weighted by atomic mass is 10.1. The highest BCUT2D eigenvalue weighted by Crippen LogP contribution is 2.33. The van der Waals surface area contributed by atoms with E-state index in [9.17, 15) is 8.78 Å². The molecule has 1 heterocycles. The van der Waals surface area contributed by atoms with Gasteiger partial charge in [-0.15, -0.1) is 11.3 Å². The van der Waals surface area contributed by atoms with Gasteiger partial charge in [0.05, 0.1) is 3.79 Å². The number of nitrogens with two attached hydrogens (primary N) is 1. The molecule has 0 aliphatic carbocycles. The minimum absolute atomic E-state index is 0.133. The molecule has 102 valence electrons. The number of thiophene rings is 1. The summed E-state index contributed by atoms with van der Waals surface area (Å²) in [6, 6.07) is 6.46. The Labute approximate surface area is 122 Å². The van der Waals surface area contributed by atoms with Gasteiger partial charge < -0.3 is 10.5 Å². The number of ether oxygens (including phenoxy) is 1. The lowest BCUT2D eigenvalue weighted by Crippen LogP contribution is -2.28. The molecule has 2 unspecified atom stereocenters. The molecule has 2 aromatic rings. The molecule has 0 saturated carbocycles. The Morgan fingerprint density at radius 2 is 2.00 bits per heavy atom. The van der Waals surface area contributed by atoms with Crippen molar-refractivity contribution in [1.82, 2.24) is 0 Å². The predicted octanol–water partition coefficient (Wildman–Crippen LogP) is 4.26. The molecule has 0 spiro atoms. The second-order valence-electron chi connectivity index (χ2n) is 4.11. The molecule has 1 aromatic heterocycles. The van der Waals surface area contributed by atoms with Gasteiger partial charge in [0, 0.05) is 17.0 Å². The molecule has 0 fully saturated rings. The summed E-state index contributed by atoms with van der Waals surface area (Å²) in [7, 11) is 0. The summed E-state index contributed by atoms with van der Waals surface area (Å²) < 4.78 is 33.2. The van der Waals surface area contributed by atoms with Gasteiger partial charge in [-0.1, -0.05) is 0 Å². The fourth-order valence-electron chi connectivity index (χ4n) is 1.61. The van der Waals surface area contributed by atoms with Crippen LogP contribution in [0.25, 0.3) is 0 Å². The molecule has 0 amide bonds. The normalized spacial score (nSPS) is 14.2. The number of hydrogen-bond acceptors (Lipinski definition) is 3. The van der Waals surface area contributed by atoms with E-state index in [0.29, 0.717) is 0 Å². The van der Waals surface area contributed by atoms with Gasteiger partial charge in [0.1, 0.15) is 11.9 Å². The molecule has 2 atom stereocenters. The van der Waals surface area contributed by atoms with E-state index in [0.717, 1.165) is 26.9 Å². The smallest absolute Gasteiger partial charge is 0.165 e. The number of rotatable bonds is 4. The summed E-state index contributed by atoms with van der Waals surface area (Å²) in [5.74, 6) is -1.29. The first-order chi connectivity index (χ1) is 8.97. The maximum Gasteiger partial charge on any atom is 0.165 e. The van der Waals surface area contributed by atoms with Crippen molar-refractivity contribution in [3.8, 4) is 5.75 Å². The second-order valence-corrected chi connectivity index (χ2v) is 6.61. The molecule has 0 saturated heterocycles. The minimum atomic E-state index is -0.609. The summed E-state index contributed by atoms with van der Waals surface area (Å²) >= 11 is 4.80. The first-order valence-electron chi connectivity index (χ1n) is 5.60. The standard InChI is InChI=1S/C13H12BrF2NOS/c1-7(17)13(11-4-5-12(14)19-11)18-10-6-8(15)2-3-9(10)16/h2-7,13H,17H2,1H3. The molecule has 2 rings (SSSR count). The maximum atomic E-state index is 13.6. The quantitative estimate of drug-likeness (QED) is 0.896. The van der Waals surface area contributed by atoms with Crippen LogP contribution in [0.2, 0.25) is 0 Å². The molecule has 0 aliphatic rings. The molecule has 6 heteroatoms. The van der Waals surface area contributed by atoms with Crippen LogP contribution in [0.4, 0.5) is 8.78 Å². The average molecular weight is 348 g/mol. The minimum Gasteiger partial charge on any atom is -0.480 e. The fourth-order valence-corrected chi connectivity index (χ4v) is 3.18. The zero-order valence-corrected chi connectivity index (χ0v) is 12.5. The van der Waals surface area contributed by atoms with Crippen LogP contribution in [0.3, 0.4) is 0 Å². The van der Waals surface area contributed by atoms with Gasteiger partial charge >= 0.3 is 0 Å². The molecular weight excluding hydrogens is 336 g/mol. The molecule has 0 bridgehead atoms. The van der Waals surface area contributed by atoms with Crippen molar-refractivity contribution in [1.29, 1.82) is 0 Å². The van der Waals surface area contributed by atoms with E-state index in [2.05, 4.69) is 15.9 Å². The maximum absolute atomic E-state index is 13.6. The van der Waals surface area contributed by atoms with Crippen LogP contribution in [0.1, 0.15) is 17.9 Å². The van der Waals surface area contributed by atoms with Gasteiger partial charge in [-0.2, -0.15) is 0 Å². The molecule has 0 aliphatic heterocycles. The summed E-state index contributed by atoms with van der Waals surface area (Å²) in [6.45, 7) is 1.76. The Balaban J connectivity index is 2.29. The van der Waals surface area contributed by atoms with Crippen molar-refractivity contribution < 1.29 is 13.5 Å². The van der Waals surface area contributed by atoms with Crippen LogP contribution in [0.15, 0.2) is 34.1 Å². The lowest BCUT2D eigenvalue weighted by Gasteiger charge is -2.21. The third-order valence-corrected chi connectivity index (χ3v) is 4.18. The first-order valence-corrected chi connectivity index (χ1v) is 7.21. The number of hydrogen-bond donors (Lipinski definition) is 1. The Hall–Kier alpha value is -0.980. The van der Waals surface area contributed by atoms with Crippen molar-refractivity contribution in [2.75, 3.05) is 0 Å². The van der Waals surface area contributed by atoms with E-state index in [1.165, 1.54) is 11.3 Å². The van der Waals surface area contributed by atoms with Gasteiger partial charge in [0.2, 0.25) is 0 Å². The topological polar surface area (TPSA) is 35.2 Å². The zero-order valence-electron chi connectivity index (χ0n) is 10.1. The predicted molar refractivity (Wildman–Crippen MR) is 75.4 cm³/mol. The monoisotopic (exact) mass is 347 g/mol. The molecule has 19 heavy (non-hydrogen) atoms. The summed E-state index contributed by atoms with van der Waals surface area (Å²) in [5, 5.41) is 0. The SMILES string of the molecule is CC(N)C(Oc1cc(F)ccc1F)c1ccc(Br)s1. The Bertz CT molecular complexity index is 574. The zero-order chi connectivity index (χ0) is 14.0. The van der Waals surface area contributed by atoms with Crippen LogP contribution < -0.4 is 10.5 Å². The third kappa shape index (κ3) is 3.52. The van der Waals surface area contributed by atoms with E-state index in [1.54, 1.807) is 6.92 Å². The first kappa shape index (κ1) is 14.4. The van der Waals surface area contributed by atoms with Crippen molar-refractivity contribution in [2.24, 2.45) is 5.73 Å². The van der Waals surface area contributed by atoms with E-state index in [1.807, 2.05) is 12.1 Å². The highest BCUT2D eigenvalue weighted by molar-refractivity contribution is 9.11. The van der Waals surface area contributed by atoms with Crippen LogP contribution in [-0.4, -0.2) is 6.04 Å². The van der Waals surface area contributed by atoms with Crippen LogP contribution in [-0.2, 0) is 0 Å². The average Bonchev–Trinajstić information content (AvgIpc) is 2.76. The van der Waals surface area contributed by atoms with E-state index >= 15 is 0 Å². The Kier molecular flexibility index (Phi) is 4.54. The highest BCUT2D eigenvalue weighted by Gasteiger charge is 2.21. The lowest BCUT2D eigenvalue weighted by molar-refractivity contribution is 0.175. The third-order valence-electron chi connectivity index (χ3n) is 2.50. The molecule has 2 N–H and O–H groups in total. The molecule has 2 nitrogen and oxygen atoms in total. The molecule has 0 radical (unpaired) electrons. The van der Waals surface area contributed by atoms with Crippen molar-refractivity contribution in [3.05, 3.63) is 50.6 Å². The van der Waals surface area contributed by atoms with Gasteiger partial charge in [0.25, 0.3) is 0 Å². The highest BCUT2D eigenvalue weighted by atomic mass is 79.9. The van der Waals surface area contributed by atoms with Crippen molar-refractivity contribution in [2.45, 2.75) is 19.1 Å².